The van der Waals surface area contributed by atoms with E-state index in [2.05, 4.69) is 0 Å². The number of ether oxygens (including phenoxy) is 8. The van der Waals surface area contributed by atoms with Gasteiger partial charge < -0.3 is 42.5 Å². The van der Waals surface area contributed by atoms with Gasteiger partial charge in [-0.25, -0.2) is 38.4 Å². The number of nitrogens with zero attached hydrogens (tertiary/aromatic N) is 1. The van der Waals surface area contributed by atoms with Crippen LogP contribution in [0.2, 0.25) is 0 Å². The van der Waals surface area contributed by atoms with Crippen LogP contribution in [-0.2, 0) is 91.0 Å². The van der Waals surface area contributed by atoms with Crippen LogP contribution in [0.25, 0.3) is 0 Å². The predicted octanol–water partition coefficient (Wildman–Crippen LogP) is 3.30. The van der Waals surface area contributed by atoms with Crippen molar-refractivity contribution in [3.8, 4) is 0 Å². The summed E-state index contributed by atoms with van der Waals surface area (Å²) in [5.74, 6) is -7.94. The second kappa shape index (κ2) is 16.3. The Kier molecular flexibility index (Phi) is 12.5. The number of methoxy groups -OCH3 is 8. The van der Waals surface area contributed by atoms with E-state index in [1.807, 2.05) is 0 Å². The molecule has 4 aliphatic heterocycles. The fraction of sp³-hybridized carbons (Fsp3) is 0.375. The van der Waals surface area contributed by atoms with Gasteiger partial charge >= 0.3 is 47.8 Å². The molecule has 294 valence electrons. The Morgan fingerprint density at radius 3 is 0.873 bits per heavy atom. The van der Waals surface area contributed by atoms with Crippen LogP contribution < -0.4 is 0 Å². The molecule has 0 saturated heterocycles. The van der Waals surface area contributed by atoms with Crippen LogP contribution in [0.5, 0.6) is 0 Å². The van der Waals surface area contributed by atoms with Gasteiger partial charge in [0.05, 0.1) is 89.2 Å². The fourth-order valence-corrected chi connectivity index (χ4v) is 15.8. The van der Waals surface area contributed by atoms with Crippen LogP contribution in [0.15, 0.2) is 50.4 Å². The number of thioether (sulfide) groups is 6. The lowest BCUT2D eigenvalue weighted by Crippen LogP contribution is -2.36. The third kappa shape index (κ3) is 6.45. The average Bonchev–Trinajstić information content (AvgIpc) is 3.89. The quantitative estimate of drug-likeness (QED) is 0.257. The maximum Gasteiger partial charge on any atom is 0.345 e. The molecule has 0 fully saturated rings. The third-order valence-corrected chi connectivity index (χ3v) is 16.8. The van der Waals surface area contributed by atoms with Crippen LogP contribution in [0.4, 0.5) is 0 Å². The molecule has 1 aromatic heterocycles. The molecule has 0 unspecified atom stereocenters. The molecule has 0 aliphatic carbocycles. The Balaban J connectivity index is 2.01. The monoisotopic (exact) mass is 875 g/mol. The number of carbonyl (C=O) groups excluding carboxylic acids is 8. The second-order valence-corrected chi connectivity index (χ2v) is 18.1. The van der Waals surface area contributed by atoms with E-state index in [0.29, 0.717) is 47.0 Å². The molecule has 4 aliphatic rings. The van der Waals surface area contributed by atoms with Gasteiger partial charge in [-0.1, -0.05) is 70.6 Å². The minimum absolute atomic E-state index is 0.0107. The van der Waals surface area contributed by atoms with E-state index in [4.69, 9.17) is 37.9 Å². The van der Waals surface area contributed by atoms with Gasteiger partial charge in [-0.2, -0.15) is 0 Å². The second-order valence-electron chi connectivity index (χ2n) is 10.6. The molecule has 1 aromatic rings. The number of rotatable bonds is 9. The lowest BCUT2D eigenvalue weighted by Gasteiger charge is -2.37. The summed E-state index contributed by atoms with van der Waals surface area (Å²) < 4.78 is 38.5. The van der Waals surface area contributed by atoms with Gasteiger partial charge in [-0.15, -0.1) is 0 Å². The molecular weight excluding hydrogens is 847 g/mol. The Morgan fingerprint density at radius 1 is 0.418 bits per heavy atom. The van der Waals surface area contributed by atoms with E-state index in [0.717, 1.165) is 80.4 Å². The first-order valence-corrected chi connectivity index (χ1v) is 20.1. The average molecular weight is 876 g/mol. The minimum atomic E-state index is -1.94. The molecule has 0 amide bonds. The summed E-state index contributed by atoms with van der Waals surface area (Å²) in [5.41, 5.74) is -0.295. The number of fused-ring (bicyclic) bond motifs is 5. The maximum absolute atomic E-state index is 14.0. The Hall–Kier alpha value is -3.90. The van der Waals surface area contributed by atoms with E-state index in [1.54, 1.807) is 11.5 Å². The summed E-state index contributed by atoms with van der Waals surface area (Å²) in [6.45, 7) is 1.71. The molecule has 0 atom stereocenters. The van der Waals surface area contributed by atoms with Crippen LogP contribution >= 0.6 is 70.6 Å². The van der Waals surface area contributed by atoms with Crippen molar-refractivity contribution in [3.05, 3.63) is 52.0 Å². The standard InChI is InChI=1S/C32H29NO16S6/c1-10-33-21-15(50-13(25(36)44-4)11(23(34)42-2)31(21)52-17(27(38)46-6)18(53-31)28(39)47-7)16-22(33)32(12(24(35)43-3)14(51-16)26(37)45-5)54-19(29(40)48-8)20(55-32)30(41)49-9/h10H2,1-9H3. The summed E-state index contributed by atoms with van der Waals surface area (Å²) in [6.07, 6.45) is 0. The number of hydrogen-bond donors (Lipinski definition) is 0. The summed E-state index contributed by atoms with van der Waals surface area (Å²) in [6, 6.07) is 0. The van der Waals surface area contributed by atoms with Crippen molar-refractivity contribution >= 4 is 118 Å². The largest absolute Gasteiger partial charge is 0.466 e. The van der Waals surface area contributed by atoms with E-state index in [9.17, 15) is 38.4 Å². The van der Waals surface area contributed by atoms with Gasteiger partial charge in [-0.3, -0.25) is 0 Å². The Morgan fingerprint density at radius 2 is 0.655 bits per heavy atom. The van der Waals surface area contributed by atoms with Gasteiger partial charge in [0.25, 0.3) is 0 Å². The molecule has 5 heterocycles. The van der Waals surface area contributed by atoms with E-state index in [-0.39, 0.29) is 68.3 Å². The summed E-state index contributed by atoms with van der Waals surface area (Å²) >= 11 is 4.32. The molecule has 55 heavy (non-hydrogen) atoms. The Labute approximate surface area is 337 Å². The minimum Gasteiger partial charge on any atom is -0.466 e. The molecule has 17 nitrogen and oxygen atoms in total. The van der Waals surface area contributed by atoms with Crippen molar-refractivity contribution in [2.75, 3.05) is 56.9 Å². The summed E-state index contributed by atoms with van der Waals surface area (Å²) in [5, 5.41) is 0. The molecule has 2 spiro atoms. The maximum atomic E-state index is 14.0. The van der Waals surface area contributed by atoms with Gasteiger partial charge in [0.15, 0.2) is 0 Å². The smallest absolute Gasteiger partial charge is 0.345 e. The van der Waals surface area contributed by atoms with E-state index in [1.165, 1.54) is 0 Å². The zero-order valence-electron chi connectivity index (χ0n) is 30.1. The Bertz CT molecular complexity index is 1910. The van der Waals surface area contributed by atoms with Crippen molar-refractivity contribution in [2.24, 2.45) is 0 Å². The van der Waals surface area contributed by atoms with Crippen LogP contribution in [0, 0.1) is 0 Å². The third-order valence-electron chi connectivity index (χ3n) is 8.04. The number of hydrogen-bond acceptors (Lipinski definition) is 22. The fourth-order valence-electron chi connectivity index (χ4n) is 5.81. The number of carbonyl (C=O) groups is 8. The number of esters is 8. The molecule has 5 rings (SSSR count). The zero-order valence-corrected chi connectivity index (χ0v) is 35.0. The molecule has 0 radical (unpaired) electrons. The molecule has 0 aromatic carbocycles. The summed E-state index contributed by atoms with van der Waals surface area (Å²) in [7, 11) is 8.64. The van der Waals surface area contributed by atoms with Crippen LogP contribution in [-0.4, -0.2) is 109 Å². The lowest BCUT2D eigenvalue weighted by atomic mass is 10.1. The van der Waals surface area contributed by atoms with Crippen molar-refractivity contribution in [1.82, 2.24) is 4.57 Å². The first-order chi connectivity index (χ1) is 26.2. The highest BCUT2D eigenvalue weighted by atomic mass is 32.2. The molecule has 0 saturated carbocycles. The first-order valence-electron chi connectivity index (χ1n) is 15.2. The molecule has 0 bridgehead atoms. The molecular formula is C32H29NO16S6. The normalized spacial score (nSPS) is 17.8. The van der Waals surface area contributed by atoms with Crippen molar-refractivity contribution in [3.63, 3.8) is 0 Å². The highest BCUT2D eigenvalue weighted by Crippen LogP contribution is 2.75. The van der Waals surface area contributed by atoms with E-state index < -0.39 is 55.9 Å². The highest BCUT2D eigenvalue weighted by Gasteiger charge is 2.64. The number of aromatic nitrogens is 1. The van der Waals surface area contributed by atoms with Crippen molar-refractivity contribution < 1.29 is 76.3 Å². The predicted molar refractivity (Wildman–Crippen MR) is 200 cm³/mol. The zero-order chi connectivity index (χ0) is 40.7. The topological polar surface area (TPSA) is 215 Å². The first kappa shape index (κ1) is 42.2. The van der Waals surface area contributed by atoms with Gasteiger partial charge in [0.1, 0.15) is 37.6 Å². The van der Waals surface area contributed by atoms with Crippen LogP contribution in [0.1, 0.15) is 18.3 Å². The van der Waals surface area contributed by atoms with Crippen molar-refractivity contribution in [2.45, 2.75) is 31.4 Å². The van der Waals surface area contributed by atoms with Crippen LogP contribution in [0.3, 0.4) is 0 Å². The molecule has 23 heteroatoms. The van der Waals surface area contributed by atoms with Crippen molar-refractivity contribution in [1.29, 1.82) is 0 Å². The van der Waals surface area contributed by atoms with Gasteiger partial charge in [0.2, 0.25) is 0 Å². The van der Waals surface area contributed by atoms with Gasteiger partial charge in [0, 0.05) is 6.54 Å². The molecule has 0 N–H and O–H groups in total. The summed E-state index contributed by atoms with van der Waals surface area (Å²) in [4.78, 5) is 107. The highest BCUT2D eigenvalue weighted by molar-refractivity contribution is 8.26. The lowest BCUT2D eigenvalue weighted by molar-refractivity contribution is -0.139. The van der Waals surface area contributed by atoms with Gasteiger partial charge in [-0.05, 0) is 6.92 Å². The SMILES string of the molecule is CCn1c2c(c3c1C1(SC(C(=O)OC)=C(C(=O)OC)S1)C(C(=O)OC)=C(C(=O)OC)S3)SC(C(=O)OC)=C(C(=O)OC)C21SC(C(=O)OC)=C(C(=O)OC)S1. The van der Waals surface area contributed by atoms with E-state index >= 15 is 0 Å².